The molecule has 0 aromatic carbocycles. The lowest BCUT2D eigenvalue weighted by molar-refractivity contribution is -0.136. The third-order valence-corrected chi connectivity index (χ3v) is 3.30. The maximum absolute atomic E-state index is 12.8. The number of aromatic amines is 1. The minimum atomic E-state index is -0.996. The Hall–Kier alpha value is -1.43. The van der Waals surface area contributed by atoms with Gasteiger partial charge in [-0.2, -0.15) is 5.10 Å². The van der Waals surface area contributed by atoms with Gasteiger partial charge in [0, 0.05) is 5.56 Å². The Morgan fingerprint density at radius 2 is 2.50 bits per heavy atom. The molecule has 1 fully saturated rings. The Bertz CT molecular complexity index is 433. The minimum Gasteiger partial charge on any atom is -0.394 e. The molecule has 1 aromatic rings. The first-order valence-electron chi connectivity index (χ1n) is 5.30. The Morgan fingerprint density at radius 3 is 3.12 bits per heavy atom. The van der Waals surface area contributed by atoms with Crippen LogP contribution in [-0.4, -0.2) is 38.9 Å². The maximum Gasteiger partial charge on any atom is 0.229 e. The molecule has 1 aromatic heterocycles. The summed E-state index contributed by atoms with van der Waals surface area (Å²) in [6.07, 6.45) is 0.937. The fourth-order valence-corrected chi connectivity index (χ4v) is 2.25. The van der Waals surface area contributed by atoms with Gasteiger partial charge in [-0.3, -0.25) is 9.89 Å². The van der Waals surface area contributed by atoms with Crippen LogP contribution in [0.4, 0.5) is 4.39 Å². The van der Waals surface area contributed by atoms with E-state index in [1.54, 1.807) is 6.20 Å². The van der Waals surface area contributed by atoms with Crippen molar-refractivity contribution in [2.75, 3.05) is 6.61 Å². The summed E-state index contributed by atoms with van der Waals surface area (Å²) in [5.74, 6) is -0.692. The lowest BCUT2D eigenvalue weighted by Crippen LogP contribution is -2.33. The van der Waals surface area contributed by atoms with Gasteiger partial charge in [-0.15, -0.1) is 0 Å². The standard InChI is InChI=1S/C10H12FN3O2/c11-7-1-5(7)10(16)14-3-8-6(2-12-13-8)9(14)4-15/h2,5,7,9,15H,1,3-4H2,(H,12,13)/t5-,7+,9?/m0/s1. The molecule has 2 aliphatic rings. The summed E-state index contributed by atoms with van der Waals surface area (Å²) in [5, 5.41) is 15.9. The number of nitrogens with zero attached hydrogens (tertiary/aromatic N) is 2. The highest BCUT2D eigenvalue weighted by Gasteiger charge is 2.48. The number of nitrogens with one attached hydrogen (secondary N) is 1. The van der Waals surface area contributed by atoms with Crippen LogP contribution in [0, 0.1) is 5.92 Å². The predicted octanol–water partition coefficient (Wildman–Crippen LogP) is 0.143. The zero-order valence-corrected chi connectivity index (χ0v) is 8.56. The molecule has 0 spiro atoms. The number of aliphatic hydroxyl groups excluding tert-OH is 1. The molecule has 0 bridgehead atoms. The number of halogens is 1. The zero-order chi connectivity index (χ0) is 11.3. The average molecular weight is 225 g/mol. The molecule has 1 aliphatic heterocycles. The molecule has 16 heavy (non-hydrogen) atoms. The first-order valence-corrected chi connectivity index (χ1v) is 5.30. The van der Waals surface area contributed by atoms with Crippen molar-refractivity contribution in [1.29, 1.82) is 0 Å². The molecular weight excluding hydrogens is 213 g/mol. The van der Waals surface area contributed by atoms with Gasteiger partial charge >= 0.3 is 0 Å². The third kappa shape index (κ3) is 1.26. The van der Waals surface area contributed by atoms with Crippen LogP contribution in [0.15, 0.2) is 6.20 Å². The van der Waals surface area contributed by atoms with Crippen LogP contribution in [0.3, 0.4) is 0 Å². The van der Waals surface area contributed by atoms with Crippen LogP contribution in [0.2, 0.25) is 0 Å². The van der Waals surface area contributed by atoms with Gasteiger partial charge in [-0.1, -0.05) is 0 Å². The summed E-state index contributed by atoms with van der Waals surface area (Å²) in [6.45, 7) is 0.241. The summed E-state index contributed by atoms with van der Waals surface area (Å²) in [6, 6.07) is -0.367. The van der Waals surface area contributed by atoms with Gasteiger partial charge < -0.3 is 10.0 Å². The monoisotopic (exact) mass is 225 g/mol. The second-order valence-electron chi connectivity index (χ2n) is 4.33. The Balaban J connectivity index is 1.83. The molecule has 1 saturated carbocycles. The summed E-state index contributed by atoms with van der Waals surface area (Å²) < 4.78 is 12.8. The molecule has 1 unspecified atom stereocenters. The predicted molar refractivity (Wildman–Crippen MR) is 52.0 cm³/mol. The van der Waals surface area contributed by atoms with Crippen molar-refractivity contribution in [3.8, 4) is 0 Å². The Kier molecular flexibility index (Phi) is 2.00. The Morgan fingerprint density at radius 1 is 1.75 bits per heavy atom. The van der Waals surface area contributed by atoms with Crippen molar-refractivity contribution in [3.63, 3.8) is 0 Å². The number of carbonyl (C=O) groups is 1. The normalized spacial score (nSPS) is 31.6. The first-order chi connectivity index (χ1) is 7.72. The number of rotatable bonds is 2. The number of H-pyrrole nitrogens is 1. The molecule has 6 heteroatoms. The van der Waals surface area contributed by atoms with Crippen molar-refractivity contribution < 1.29 is 14.3 Å². The molecule has 0 saturated heterocycles. The van der Waals surface area contributed by atoms with Crippen molar-refractivity contribution in [2.45, 2.75) is 25.2 Å². The van der Waals surface area contributed by atoms with Crippen LogP contribution in [0.5, 0.6) is 0 Å². The second kappa shape index (κ2) is 3.28. The fourth-order valence-electron chi connectivity index (χ4n) is 2.25. The number of alkyl halides is 1. The molecule has 1 aliphatic carbocycles. The molecular formula is C10H12FN3O2. The summed E-state index contributed by atoms with van der Waals surface area (Å²) in [5.41, 5.74) is 1.68. The second-order valence-corrected chi connectivity index (χ2v) is 4.33. The van der Waals surface area contributed by atoms with E-state index in [4.69, 9.17) is 0 Å². The van der Waals surface area contributed by atoms with E-state index in [2.05, 4.69) is 10.2 Å². The summed E-state index contributed by atoms with van der Waals surface area (Å²) in [7, 11) is 0. The number of aliphatic hydroxyl groups is 1. The highest BCUT2D eigenvalue weighted by atomic mass is 19.1. The number of aromatic nitrogens is 2. The van der Waals surface area contributed by atoms with Gasteiger partial charge in [0.2, 0.25) is 5.91 Å². The van der Waals surface area contributed by atoms with Crippen LogP contribution in [-0.2, 0) is 11.3 Å². The highest BCUT2D eigenvalue weighted by Crippen LogP contribution is 2.40. The van der Waals surface area contributed by atoms with E-state index in [1.807, 2.05) is 0 Å². The molecule has 5 nitrogen and oxygen atoms in total. The van der Waals surface area contributed by atoms with Gasteiger partial charge in [0.1, 0.15) is 6.17 Å². The van der Waals surface area contributed by atoms with Gasteiger partial charge in [-0.05, 0) is 6.42 Å². The van der Waals surface area contributed by atoms with E-state index in [-0.39, 0.29) is 18.6 Å². The first kappa shape index (κ1) is 9.77. The highest BCUT2D eigenvalue weighted by molar-refractivity contribution is 5.83. The lowest BCUT2D eigenvalue weighted by atomic mass is 10.1. The van der Waals surface area contributed by atoms with E-state index in [1.165, 1.54) is 4.90 Å². The molecule has 1 amide bonds. The average Bonchev–Trinajstić information content (AvgIpc) is 2.73. The van der Waals surface area contributed by atoms with E-state index in [9.17, 15) is 14.3 Å². The molecule has 86 valence electrons. The smallest absolute Gasteiger partial charge is 0.229 e. The Labute approximate surface area is 91.3 Å². The van der Waals surface area contributed by atoms with Crippen molar-refractivity contribution in [2.24, 2.45) is 5.92 Å². The third-order valence-electron chi connectivity index (χ3n) is 3.30. The quantitative estimate of drug-likeness (QED) is 0.752. The molecule has 2 heterocycles. The number of amides is 1. The molecule has 3 rings (SSSR count). The minimum absolute atomic E-state index is 0.151. The van der Waals surface area contributed by atoms with Crippen LogP contribution in [0.1, 0.15) is 23.7 Å². The topological polar surface area (TPSA) is 69.2 Å². The fraction of sp³-hybridized carbons (Fsp3) is 0.600. The molecule has 2 N–H and O–H groups in total. The van der Waals surface area contributed by atoms with Crippen LogP contribution in [0.25, 0.3) is 0 Å². The maximum atomic E-state index is 12.8. The van der Waals surface area contributed by atoms with Gasteiger partial charge in [0.25, 0.3) is 0 Å². The van der Waals surface area contributed by atoms with Crippen molar-refractivity contribution in [3.05, 3.63) is 17.5 Å². The zero-order valence-electron chi connectivity index (χ0n) is 8.56. The van der Waals surface area contributed by atoms with E-state index < -0.39 is 12.1 Å². The number of fused-ring (bicyclic) bond motifs is 1. The van der Waals surface area contributed by atoms with E-state index >= 15 is 0 Å². The van der Waals surface area contributed by atoms with Gasteiger partial charge in [0.15, 0.2) is 0 Å². The van der Waals surface area contributed by atoms with E-state index in [0.717, 1.165) is 11.3 Å². The number of carbonyl (C=O) groups excluding carboxylic acids is 1. The lowest BCUT2D eigenvalue weighted by Gasteiger charge is -2.23. The SMILES string of the molecule is O=C([C@H]1C[C@H]1F)N1Cc2[nH]ncc2C1CO. The van der Waals surface area contributed by atoms with Crippen LogP contribution < -0.4 is 0 Å². The molecule has 3 atom stereocenters. The van der Waals surface area contributed by atoms with Crippen molar-refractivity contribution in [1.82, 2.24) is 15.1 Å². The summed E-state index contributed by atoms with van der Waals surface area (Å²) in [4.78, 5) is 13.4. The van der Waals surface area contributed by atoms with Gasteiger partial charge in [0.05, 0.1) is 37.0 Å². The van der Waals surface area contributed by atoms with Crippen molar-refractivity contribution >= 4 is 5.91 Å². The number of hydrogen-bond donors (Lipinski definition) is 2. The largest absolute Gasteiger partial charge is 0.394 e. The number of hydrogen-bond acceptors (Lipinski definition) is 3. The summed E-state index contributed by atoms with van der Waals surface area (Å²) >= 11 is 0. The van der Waals surface area contributed by atoms with E-state index in [0.29, 0.717) is 13.0 Å². The van der Waals surface area contributed by atoms with Crippen LogP contribution >= 0.6 is 0 Å². The molecule has 0 radical (unpaired) electrons. The van der Waals surface area contributed by atoms with Gasteiger partial charge in [-0.25, -0.2) is 4.39 Å².